The standard InChI is InChI=1S/C18H13N5O2/c1-11-19-10-16(25-11)12-6-8-13(9-7-12)20-18(24)17-21-14-4-2-3-5-15(14)22-23-17/h2-10H,1H3,(H,20,24). The minimum Gasteiger partial charge on any atom is -0.441 e. The molecule has 0 aliphatic heterocycles. The molecule has 0 fully saturated rings. The number of carbonyl (C=O) groups is 1. The molecule has 0 bridgehead atoms. The van der Waals surface area contributed by atoms with Gasteiger partial charge in [-0.25, -0.2) is 9.97 Å². The summed E-state index contributed by atoms with van der Waals surface area (Å²) in [5, 5.41) is 10.6. The van der Waals surface area contributed by atoms with Gasteiger partial charge >= 0.3 is 0 Å². The fourth-order valence-electron chi connectivity index (χ4n) is 2.38. The summed E-state index contributed by atoms with van der Waals surface area (Å²) in [4.78, 5) is 20.6. The van der Waals surface area contributed by atoms with Crippen molar-refractivity contribution in [1.82, 2.24) is 20.2 Å². The Balaban J connectivity index is 1.53. The fraction of sp³-hybridized carbons (Fsp3) is 0.0556. The first-order valence-electron chi connectivity index (χ1n) is 7.63. The van der Waals surface area contributed by atoms with Gasteiger partial charge in [0.2, 0.25) is 5.82 Å². The van der Waals surface area contributed by atoms with Crippen molar-refractivity contribution in [2.24, 2.45) is 0 Å². The molecule has 1 N–H and O–H groups in total. The number of nitrogens with zero attached hydrogens (tertiary/aromatic N) is 4. The molecule has 0 spiro atoms. The predicted octanol–water partition coefficient (Wildman–Crippen LogP) is 3.24. The van der Waals surface area contributed by atoms with E-state index in [4.69, 9.17) is 4.42 Å². The highest BCUT2D eigenvalue weighted by Crippen LogP contribution is 2.22. The molecule has 0 unspecified atom stereocenters. The Bertz CT molecular complexity index is 1060. The molecule has 122 valence electrons. The molecular weight excluding hydrogens is 318 g/mol. The maximum atomic E-state index is 12.3. The molecule has 7 heteroatoms. The Morgan fingerprint density at radius 3 is 2.48 bits per heavy atom. The average molecular weight is 331 g/mol. The molecule has 25 heavy (non-hydrogen) atoms. The first kappa shape index (κ1) is 14.9. The number of rotatable bonds is 3. The maximum Gasteiger partial charge on any atom is 0.295 e. The van der Waals surface area contributed by atoms with Gasteiger partial charge in [-0.3, -0.25) is 4.79 Å². The molecule has 2 heterocycles. The second-order valence-electron chi connectivity index (χ2n) is 5.40. The minimum absolute atomic E-state index is 0.0219. The number of hydrogen-bond acceptors (Lipinski definition) is 6. The van der Waals surface area contributed by atoms with E-state index in [0.717, 1.165) is 5.56 Å². The Kier molecular flexibility index (Phi) is 3.66. The molecule has 0 radical (unpaired) electrons. The van der Waals surface area contributed by atoms with Gasteiger partial charge in [-0.05, 0) is 36.4 Å². The lowest BCUT2D eigenvalue weighted by atomic mass is 10.1. The van der Waals surface area contributed by atoms with Gasteiger partial charge < -0.3 is 9.73 Å². The molecule has 4 rings (SSSR count). The molecular formula is C18H13N5O2. The Hall–Kier alpha value is -3.61. The highest BCUT2D eigenvalue weighted by molar-refractivity contribution is 6.02. The summed E-state index contributed by atoms with van der Waals surface area (Å²) in [6, 6.07) is 14.5. The zero-order chi connectivity index (χ0) is 17.2. The van der Waals surface area contributed by atoms with Crippen molar-refractivity contribution in [3.05, 3.63) is 66.4 Å². The first-order valence-corrected chi connectivity index (χ1v) is 7.63. The van der Waals surface area contributed by atoms with Crippen molar-refractivity contribution in [1.29, 1.82) is 0 Å². The van der Waals surface area contributed by atoms with Crippen LogP contribution in [-0.4, -0.2) is 26.1 Å². The number of anilines is 1. The van der Waals surface area contributed by atoms with E-state index in [1.54, 1.807) is 37.4 Å². The van der Waals surface area contributed by atoms with Gasteiger partial charge in [0.15, 0.2) is 11.7 Å². The van der Waals surface area contributed by atoms with E-state index in [9.17, 15) is 4.79 Å². The van der Waals surface area contributed by atoms with Crippen LogP contribution in [0.2, 0.25) is 0 Å². The molecule has 0 saturated carbocycles. The van der Waals surface area contributed by atoms with Crippen LogP contribution in [0.5, 0.6) is 0 Å². The van der Waals surface area contributed by atoms with Crippen LogP contribution in [0.15, 0.2) is 59.1 Å². The molecule has 0 aliphatic rings. The average Bonchev–Trinajstić information content (AvgIpc) is 3.08. The number of fused-ring (bicyclic) bond motifs is 1. The van der Waals surface area contributed by atoms with Gasteiger partial charge in [0.05, 0.1) is 11.7 Å². The molecule has 7 nitrogen and oxygen atoms in total. The van der Waals surface area contributed by atoms with Crippen molar-refractivity contribution in [2.75, 3.05) is 5.32 Å². The van der Waals surface area contributed by atoms with E-state index in [1.807, 2.05) is 24.3 Å². The number of para-hydroxylation sites is 1. The first-order chi connectivity index (χ1) is 12.2. The van der Waals surface area contributed by atoms with Crippen LogP contribution in [0.4, 0.5) is 5.69 Å². The topological polar surface area (TPSA) is 93.8 Å². The SMILES string of the molecule is Cc1ncc(-c2ccc(NC(=O)c3nnc4ccccc4n3)cc2)o1. The van der Waals surface area contributed by atoms with Crippen LogP contribution in [-0.2, 0) is 0 Å². The van der Waals surface area contributed by atoms with E-state index in [2.05, 4.69) is 25.5 Å². The van der Waals surface area contributed by atoms with Crippen LogP contribution in [0, 0.1) is 6.92 Å². The van der Waals surface area contributed by atoms with Gasteiger partial charge in [-0.15, -0.1) is 10.2 Å². The van der Waals surface area contributed by atoms with Crippen LogP contribution >= 0.6 is 0 Å². The third-order valence-corrected chi connectivity index (χ3v) is 3.61. The molecule has 0 atom stereocenters. The number of oxazole rings is 1. The molecule has 2 aromatic carbocycles. The van der Waals surface area contributed by atoms with Crippen LogP contribution in [0.1, 0.15) is 16.5 Å². The third-order valence-electron chi connectivity index (χ3n) is 3.61. The van der Waals surface area contributed by atoms with Crippen molar-refractivity contribution in [3.63, 3.8) is 0 Å². The van der Waals surface area contributed by atoms with Crippen molar-refractivity contribution in [3.8, 4) is 11.3 Å². The number of hydrogen-bond donors (Lipinski definition) is 1. The summed E-state index contributed by atoms with van der Waals surface area (Å²) in [5.74, 6) is 0.890. The van der Waals surface area contributed by atoms with Gasteiger partial charge in [0.25, 0.3) is 5.91 Å². The number of benzene rings is 2. The molecule has 0 saturated heterocycles. The normalized spacial score (nSPS) is 10.8. The number of amides is 1. The smallest absolute Gasteiger partial charge is 0.295 e. The Morgan fingerprint density at radius 2 is 1.76 bits per heavy atom. The van der Waals surface area contributed by atoms with E-state index in [-0.39, 0.29) is 5.82 Å². The van der Waals surface area contributed by atoms with Crippen molar-refractivity contribution < 1.29 is 9.21 Å². The highest BCUT2D eigenvalue weighted by atomic mass is 16.4. The van der Waals surface area contributed by atoms with Gasteiger partial charge in [-0.1, -0.05) is 12.1 Å². The van der Waals surface area contributed by atoms with Gasteiger partial charge in [0, 0.05) is 18.2 Å². The quantitative estimate of drug-likeness (QED) is 0.619. The Labute approximate surface area is 142 Å². The molecule has 2 aromatic heterocycles. The summed E-state index contributed by atoms with van der Waals surface area (Å²) in [7, 11) is 0. The van der Waals surface area contributed by atoms with E-state index in [0.29, 0.717) is 28.4 Å². The summed E-state index contributed by atoms with van der Waals surface area (Å²) >= 11 is 0. The van der Waals surface area contributed by atoms with E-state index < -0.39 is 5.91 Å². The van der Waals surface area contributed by atoms with Gasteiger partial charge in [-0.2, -0.15) is 0 Å². The summed E-state index contributed by atoms with van der Waals surface area (Å²) < 4.78 is 5.47. The van der Waals surface area contributed by atoms with Crippen LogP contribution in [0.3, 0.4) is 0 Å². The summed E-state index contributed by atoms with van der Waals surface area (Å²) in [6.07, 6.45) is 1.66. The van der Waals surface area contributed by atoms with E-state index >= 15 is 0 Å². The molecule has 0 aliphatic carbocycles. The number of aryl methyl sites for hydroxylation is 1. The summed E-state index contributed by atoms with van der Waals surface area (Å²) in [6.45, 7) is 1.79. The predicted molar refractivity (Wildman–Crippen MR) is 92.0 cm³/mol. The second-order valence-corrected chi connectivity index (χ2v) is 5.40. The lowest BCUT2D eigenvalue weighted by Gasteiger charge is -2.05. The van der Waals surface area contributed by atoms with Crippen molar-refractivity contribution >= 4 is 22.6 Å². The molecule has 1 amide bonds. The molecule has 4 aromatic rings. The number of carbonyl (C=O) groups excluding carboxylic acids is 1. The largest absolute Gasteiger partial charge is 0.441 e. The zero-order valence-corrected chi connectivity index (χ0v) is 13.3. The lowest BCUT2D eigenvalue weighted by molar-refractivity contribution is 0.101. The summed E-state index contributed by atoms with van der Waals surface area (Å²) in [5.41, 5.74) is 2.77. The highest BCUT2D eigenvalue weighted by Gasteiger charge is 2.12. The minimum atomic E-state index is -0.415. The Morgan fingerprint density at radius 1 is 1.00 bits per heavy atom. The monoisotopic (exact) mass is 331 g/mol. The number of aromatic nitrogens is 4. The zero-order valence-electron chi connectivity index (χ0n) is 13.3. The fourth-order valence-corrected chi connectivity index (χ4v) is 2.38. The second kappa shape index (κ2) is 6.12. The lowest BCUT2D eigenvalue weighted by Crippen LogP contribution is -2.16. The third kappa shape index (κ3) is 3.07. The number of nitrogens with one attached hydrogen (secondary N) is 1. The van der Waals surface area contributed by atoms with Gasteiger partial charge in [0.1, 0.15) is 5.52 Å². The van der Waals surface area contributed by atoms with Crippen LogP contribution < -0.4 is 5.32 Å². The maximum absolute atomic E-state index is 12.3. The van der Waals surface area contributed by atoms with Crippen molar-refractivity contribution in [2.45, 2.75) is 6.92 Å². The van der Waals surface area contributed by atoms with E-state index in [1.165, 1.54) is 0 Å². The van der Waals surface area contributed by atoms with Crippen LogP contribution in [0.25, 0.3) is 22.4 Å².